The number of hydrogen-bond donors (Lipinski definition) is 1. The van der Waals surface area contributed by atoms with Gasteiger partial charge in [-0.1, -0.05) is 12.1 Å². The summed E-state index contributed by atoms with van der Waals surface area (Å²) in [6.45, 7) is 1.81. The number of carbonyl (C=O) groups excluding carboxylic acids is 1. The van der Waals surface area contributed by atoms with Gasteiger partial charge in [0.1, 0.15) is 0 Å². The molecule has 0 saturated heterocycles. The van der Waals surface area contributed by atoms with Crippen molar-refractivity contribution in [1.82, 2.24) is 9.78 Å². The number of carbonyl (C=O) groups is 1. The first-order valence-corrected chi connectivity index (χ1v) is 6.10. The summed E-state index contributed by atoms with van der Waals surface area (Å²) in [7, 11) is 1.79. The molecule has 0 radical (unpaired) electrons. The van der Waals surface area contributed by atoms with Gasteiger partial charge in [0, 0.05) is 24.8 Å². The summed E-state index contributed by atoms with van der Waals surface area (Å²) in [5.74, 6) is 0.315. The van der Waals surface area contributed by atoms with Crippen molar-refractivity contribution in [3.63, 3.8) is 0 Å². The van der Waals surface area contributed by atoms with E-state index >= 15 is 0 Å². The normalized spacial score (nSPS) is 10.4. The molecule has 0 aliphatic carbocycles. The Balaban J connectivity index is 2.13. The molecule has 0 atom stereocenters. The molecule has 2 rings (SSSR count). The minimum atomic E-state index is -0.153. The van der Waals surface area contributed by atoms with Crippen molar-refractivity contribution >= 4 is 23.2 Å². The Morgan fingerprint density at radius 3 is 2.56 bits per heavy atom. The first kappa shape index (κ1) is 12.6. The number of aryl methyl sites for hydroxylation is 2. The molecule has 1 heterocycles. The summed E-state index contributed by atoms with van der Waals surface area (Å²) in [4.78, 5) is 12.0. The van der Waals surface area contributed by atoms with Gasteiger partial charge in [0.25, 0.3) is 5.91 Å². The summed E-state index contributed by atoms with van der Waals surface area (Å²) in [5, 5.41) is 6.97. The van der Waals surface area contributed by atoms with E-state index in [2.05, 4.69) is 10.4 Å². The molecular formula is C13H14ClN3O. The molecule has 94 valence electrons. The third-order valence-electron chi connectivity index (χ3n) is 2.62. The second-order valence-electron chi connectivity index (χ2n) is 4.09. The molecule has 0 aliphatic rings. The van der Waals surface area contributed by atoms with E-state index in [1.807, 2.05) is 31.2 Å². The molecule has 0 bridgehead atoms. The van der Waals surface area contributed by atoms with E-state index in [9.17, 15) is 4.79 Å². The lowest BCUT2D eigenvalue weighted by Gasteiger charge is -2.04. The Kier molecular flexibility index (Phi) is 3.67. The Morgan fingerprint density at radius 2 is 2.06 bits per heavy atom. The van der Waals surface area contributed by atoms with Crippen molar-refractivity contribution in [3.05, 3.63) is 47.3 Å². The fourth-order valence-corrected chi connectivity index (χ4v) is 1.88. The van der Waals surface area contributed by atoms with Crippen LogP contribution in [0.4, 0.5) is 5.69 Å². The van der Waals surface area contributed by atoms with Crippen molar-refractivity contribution in [2.24, 2.45) is 7.05 Å². The van der Waals surface area contributed by atoms with E-state index in [1.54, 1.807) is 17.9 Å². The first-order valence-electron chi connectivity index (χ1n) is 5.56. The molecule has 1 amide bonds. The Morgan fingerprint density at radius 1 is 1.39 bits per heavy atom. The van der Waals surface area contributed by atoms with Crippen molar-refractivity contribution < 1.29 is 4.79 Å². The van der Waals surface area contributed by atoms with Crippen LogP contribution < -0.4 is 5.32 Å². The van der Waals surface area contributed by atoms with Crippen molar-refractivity contribution in [2.45, 2.75) is 12.8 Å². The predicted octanol–water partition coefficient (Wildman–Crippen LogP) is 2.72. The lowest BCUT2D eigenvalue weighted by Crippen LogP contribution is -2.12. The molecule has 18 heavy (non-hydrogen) atoms. The van der Waals surface area contributed by atoms with E-state index < -0.39 is 0 Å². The summed E-state index contributed by atoms with van der Waals surface area (Å²) < 4.78 is 1.63. The van der Waals surface area contributed by atoms with Crippen LogP contribution in [0.25, 0.3) is 0 Å². The lowest BCUT2D eigenvalue weighted by molar-refractivity contribution is 0.102. The molecule has 1 aromatic heterocycles. The quantitative estimate of drug-likeness (QED) is 0.866. The van der Waals surface area contributed by atoms with E-state index in [-0.39, 0.29) is 5.91 Å². The molecule has 5 heteroatoms. The fraction of sp³-hybridized carbons (Fsp3) is 0.231. The van der Waals surface area contributed by atoms with Crippen LogP contribution in [0.3, 0.4) is 0 Å². The number of amides is 1. The average molecular weight is 264 g/mol. The van der Waals surface area contributed by atoms with Gasteiger partial charge in [-0.3, -0.25) is 9.48 Å². The van der Waals surface area contributed by atoms with Crippen LogP contribution in [0.5, 0.6) is 0 Å². The molecule has 1 aromatic carbocycles. The van der Waals surface area contributed by atoms with Gasteiger partial charge in [0.05, 0.1) is 11.3 Å². The standard InChI is InChI=1S/C13H14ClN3O/c1-9-12(8-17(2)16-9)13(18)15-11-5-3-10(7-14)4-6-11/h3-6,8H,7H2,1-2H3,(H,15,18). The summed E-state index contributed by atoms with van der Waals surface area (Å²) in [6.07, 6.45) is 1.71. The molecular weight excluding hydrogens is 250 g/mol. The van der Waals surface area contributed by atoms with Crippen molar-refractivity contribution in [1.29, 1.82) is 0 Å². The largest absolute Gasteiger partial charge is 0.322 e. The van der Waals surface area contributed by atoms with E-state index in [4.69, 9.17) is 11.6 Å². The number of nitrogens with zero attached hydrogens (tertiary/aromatic N) is 2. The maximum atomic E-state index is 12.0. The van der Waals surface area contributed by atoms with Crippen LogP contribution in [0, 0.1) is 6.92 Å². The predicted molar refractivity (Wildman–Crippen MR) is 71.9 cm³/mol. The second-order valence-corrected chi connectivity index (χ2v) is 4.35. The van der Waals surface area contributed by atoms with Gasteiger partial charge in [-0.25, -0.2) is 0 Å². The molecule has 0 unspecified atom stereocenters. The number of benzene rings is 1. The monoisotopic (exact) mass is 263 g/mol. The number of hydrogen-bond acceptors (Lipinski definition) is 2. The highest BCUT2D eigenvalue weighted by molar-refractivity contribution is 6.17. The number of aromatic nitrogens is 2. The number of rotatable bonds is 3. The first-order chi connectivity index (χ1) is 8.60. The zero-order valence-electron chi connectivity index (χ0n) is 10.3. The Hall–Kier alpha value is -1.81. The smallest absolute Gasteiger partial charge is 0.259 e. The highest BCUT2D eigenvalue weighted by Gasteiger charge is 2.12. The third kappa shape index (κ3) is 2.71. The highest BCUT2D eigenvalue weighted by atomic mass is 35.5. The van der Waals surface area contributed by atoms with Crippen LogP contribution >= 0.6 is 11.6 Å². The van der Waals surface area contributed by atoms with Crippen LogP contribution in [-0.2, 0) is 12.9 Å². The van der Waals surface area contributed by atoms with Gasteiger partial charge < -0.3 is 5.32 Å². The summed E-state index contributed by atoms with van der Waals surface area (Å²) >= 11 is 5.71. The van der Waals surface area contributed by atoms with Crippen LogP contribution in [0.15, 0.2) is 30.5 Å². The van der Waals surface area contributed by atoms with Gasteiger partial charge in [0.2, 0.25) is 0 Å². The van der Waals surface area contributed by atoms with Crippen molar-refractivity contribution in [3.8, 4) is 0 Å². The van der Waals surface area contributed by atoms with Crippen LogP contribution in [0.2, 0.25) is 0 Å². The highest BCUT2D eigenvalue weighted by Crippen LogP contribution is 2.13. The molecule has 0 saturated carbocycles. The maximum Gasteiger partial charge on any atom is 0.259 e. The van der Waals surface area contributed by atoms with Gasteiger partial charge in [0.15, 0.2) is 0 Å². The minimum Gasteiger partial charge on any atom is -0.322 e. The average Bonchev–Trinajstić information content (AvgIpc) is 2.69. The molecule has 0 spiro atoms. The van der Waals surface area contributed by atoms with E-state index in [0.29, 0.717) is 17.1 Å². The number of anilines is 1. The van der Waals surface area contributed by atoms with Gasteiger partial charge in [-0.05, 0) is 24.6 Å². The van der Waals surface area contributed by atoms with Gasteiger partial charge in [-0.2, -0.15) is 5.10 Å². The van der Waals surface area contributed by atoms with E-state index in [1.165, 1.54) is 0 Å². The van der Waals surface area contributed by atoms with Gasteiger partial charge in [-0.15, -0.1) is 11.6 Å². The minimum absolute atomic E-state index is 0.153. The van der Waals surface area contributed by atoms with Gasteiger partial charge >= 0.3 is 0 Å². The van der Waals surface area contributed by atoms with E-state index in [0.717, 1.165) is 11.3 Å². The second kappa shape index (κ2) is 5.23. The molecule has 0 aliphatic heterocycles. The molecule has 4 nitrogen and oxygen atoms in total. The van der Waals surface area contributed by atoms with Crippen LogP contribution in [-0.4, -0.2) is 15.7 Å². The topological polar surface area (TPSA) is 46.9 Å². The van der Waals surface area contributed by atoms with Crippen LogP contribution in [0.1, 0.15) is 21.6 Å². The fourth-order valence-electron chi connectivity index (χ4n) is 1.70. The number of alkyl halides is 1. The Bertz CT molecular complexity index is 560. The number of nitrogens with one attached hydrogen (secondary N) is 1. The zero-order valence-corrected chi connectivity index (χ0v) is 11.0. The summed E-state index contributed by atoms with van der Waals surface area (Å²) in [5.41, 5.74) is 3.07. The zero-order chi connectivity index (χ0) is 13.1. The Labute approximate surface area is 111 Å². The SMILES string of the molecule is Cc1nn(C)cc1C(=O)Nc1ccc(CCl)cc1. The molecule has 0 fully saturated rings. The molecule has 1 N–H and O–H groups in total. The third-order valence-corrected chi connectivity index (χ3v) is 2.93. The molecule has 2 aromatic rings. The lowest BCUT2D eigenvalue weighted by atomic mass is 10.2. The van der Waals surface area contributed by atoms with Crippen molar-refractivity contribution in [2.75, 3.05) is 5.32 Å². The summed E-state index contributed by atoms with van der Waals surface area (Å²) in [6, 6.07) is 7.44. The number of halogens is 1. The maximum absolute atomic E-state index is 12.0.